The molecule has 1 rings (SSSR count). The molecule has 1 aromatic rings. The van der Waals surface area contributed by atoms with E-state index in [9.17, 15) is 0 Å². The van der Waals surface area contributed by atoms with Gasteiger partial charge in [0.25, 0.3) is 0 Å². The average molecular weight is 265 g/mol. The van der Waals surface area contributed by atoms with Gasteiger partial charge in [-0.05, 0) is 56.5 Å². The fraction of sp³-hybridized carbons (Fsp3) is 0.625. The van der Waals surface area contributed by atoms with Gasteiger partial charge in [-0.3, -0.25) is 0 Å². The SMILES string of the molecule is CCCNC(CC)CCCOc1ccc(OC)cc1. The van der Waals surface area contributed by atoms with Crippen molar-refractivity contribution in [1.82, 2.24) is 5.32 Å². The summed E-state index contributed by atoms with van der Waals surface area (Å²) in [5.41, 5.74) is 0. The van der Waals surface area contributed by atoms with Crippen LogP contribution >= 0.6 is 0 Å². The Morgan fingerprint density at radius 3 is 2.37 bits per heavy atom. The molecule has 19 heavy (non-hydrogen) atoms. The lowest BCUT2D eigenvalue weighted by molar-refractivity contribution is 0.294. The number of hydrogen-bond donors (Lipinski definition) is 1. The van der Waals surface area contributed by atoms with Gasteiger partial charge in [-0.1, -0.05) is 13.8 Å². The summed E-state index contributed by atoms with van der Waals surface area (Å²) >= 11 is 0. The van der Waals surface area contributed by atoms with Crippen LogP contribution in [0.1, 0.15) is 39.5 Å². The van der Waals surface area contributed by atoms with Gasteiger partial charge in [0.15, 0.2) is 0 Å². The van der Waals surface area contributed by atoms with Gasteiger partial charge in [0.05, 0.1) is 13.7 Å². The Labute approximate surface area is 117 Å². The zero-order valence-electron chi connectivity index (χ0n) is 12.4. The summed E-state index contributed by atoms with van der Waals surface area (Å²) < 4.78 is 10.8. The van der Waals surface area contributed by atoms with Crippen molar-refractivity contribution in [3.05, 3.63) is 24.3 Å². The molecule has 0 saturated carbocycles. The van der Waals surface area contributed by atoms with E-state index in [-0.39, 0.29) is 0 Å². The highest BCUT2D eigenvalue weighted by molar-refractivity contribution is 5.31. The molecular weight excluding hydrogens is 238 g/mol. The largest absolute Gasteiger partial charge is 0.497 e. The van der Waals surface area contributed by atoms with E-state index in [0.29, 0.717) is 6.04 Å². The van der Waals surface area contributed by atoms with Crippen molar-refractivity contribution in [3.63, 3.8) is 0 Å². The van der Waals surface area contributed by atoms with Crippen LogP contribution in [0.25, 0.3) is 0 Å². The maximum Gasteiger partial charge on any atom is 0.119 e. The summed E-state index contributed by atoms with van der Waals surface area (Å²) in [5, 5.41) is 3.56. The third-order valence-corrected chi connectivity index (χ3v) is 3.20. The van der Waals surface area contributed by atoms with Gasteiger partial charge < -0.3 is 14.8 Å². The van der Waals surface area contributed by atoms with Gasteiger partial charge in [0.1, 0.15) is 11.5 Å². The molecule has 0 radical (unpaired) electrons. The second-order valence-electron chi connectivity index (χ2n) is 4.73. The molecule has 0 aromatic heterocycles. The lowest BCUT2D eigenvalue weighted by Gasteiger charge is -2.16. The summed E-state index contributed by atoms with van der Waals surface area (Å²) in [4.78, 5) is 0. The quantitative estimate of drug-likeness (QED) is 0.655. The van der Waals surface area contributed by atoms with Crippen LogP contribution in [0, 0.1) is 0 Å². The second-order valence-corrected chi connectivity index (χ2v) is 4.73. The minimum absolute atomic E-state index is 0.624. The van der Waals surface area contributed by atoms with E-state index < -0.39 is 0 Å². The Bertz CT molecular complexity index is 324. The molecular formula is C16H27NO2. The molecule has 0 amide bonds. The molecule has 0 spiro atoms. The smallest absolute Gasteiger partial charge is 0.119 e. The molecule has 0 saturated heterocycles. The monoisotopic (exact) mass is 265 g/mol. The molecule has 1 N–H and O–H groups in total. The zero-order valence-corrected chi connectivity index (χ0v) is 12.4. The Hall–Kier alpha value is -1.22. The summed E-state index contributed by atoms with van der Waals surface area (Å²) in [6, 6.07) is 8.37. The Balaban J connectivity index is 2.18. The number of ether oxygens (including phenoxy) is 2. The third-order valence-electron chi connectivity index (χ3n) is 3.20. The molecule has 1 aromatic carbocycles. The normalized spacial score (nSPS) is 12.2. The lowest BCUT2D eigenvalue weighted by atomic mass is 10.1. The predicted molar refractivity (Wildman–Crippen MR) is 80.1 cm³/mol. The number of benzene rings is 1. The summed E-state index contributed by atoms with van der Waals surface area (Å²) in [6.07, 6.45) is 4.63. The first-order valence-electron chi connectivity index (χ1n) is 7.30. The van der Waals surface area contributed by atoms with Crippen molar-refractivity contribution in [3.8, 4) is 11.5 Å². The van der Waals surface area contributed by atoms with Crippen molar-refractivity contribution in [1.29, 1.82) is 0 Å². The van der Waals surface area contributed by atoms with Crippen LogP contribution in [0.2, 0.25) is 0 Å². The van der Waals surface area contributed by atoms with Crippen molar-refractivity contribution in [2.45, 2.75) is 45.6 Å². The molecule has 1 atom stereocenters. The van der Waals surface area contributed by atoms with Crippen molar-refractivity contribution in [2.75, 3.05) is 20.3 Å². The summed E-state index contributed by atoms with van der Waals surface area (Å²) in [6.45, 7) is 6.32. The van der Waals surface area contributed by atoms with E-state index >= 15 is 0 Å². The minimum Gasteiger partial charge on any atom is -0.497 e. The van der Waals surface area contributed by atoms with Crippen LogP contribution in [0.3, 0.4) is 0 Å². The molecule has 1 unspecified atom stereocenters. The highest BCUT2D eigenvalue weighted by atomic mass is 16.5. The molecule has 0 bridgehead atoms. The maximum atomic E-state index is 5.72. The fourth-order valence-corrected chi connectivity index (χ4v) is 1.99. The molecule has 0 fully saturated rings. The van der Waals surface area contributed by atoms with Gasteiger partial charge in [-0.25, -0.2) is 0 Å². The van der Waals surface area contributed by atoms with Gasteiger partial charge in [0, 0.05) is 6.04 Å². The Morgan fingerprint density at radius 1 is 1.11 bits per heavy atom. The van der Waals surface area contributed by atoms with E-state index in [1.807, 2.05) is 24.3 Å². The van der Waals surface area contributed by atoms with Gasteiger partial charge in [0.2, 0.25) is 0 Å². The molecule has 0 aliphatic heterocycles. The van der Waals surface area contributed by atoms with Crippen LogP contribution in [-0.2, 0) is 0 Å². The molecule has 0 aliphatic rings. The predicted octanol–water partition coefficient (Wildman–Crippen LogP) is 3.63. The van der Waals surface area contributed by atoms with Crippen LogP contribution in [0.15, 0.2) is 24.3 Å². The maximum absolute atomic E-state index is 5.72. The topological polar surface area (TPSA) is 30.5 Å². The first kappa shape index (κ1) is 15.8. The van der Waals surface area contributed by atoms with Crippen LogP contribution in [-0.4, -0.2) is 26.3 Å². The zero-order chi connectivity index (χ0) is 13.9. The highest BCUT2D eigenvalue weighted by Gasteiger charge is 2.04. The molecule has 0 heterocycles. The van der Waals surface area contributed by atoms with Gasteiger partial charge >= 0.3 is 0 Å². The standard InChI is InChI=1S/C16H27NO2/c1-4-12-17-14(5-2)7-6-13-19-16-10-8-15(18-3)9-11-16/h8-11,14,17H,4-7,12-13H2,1-3H3. The fourth-order valence-electron chi connectivity index (χ4n) is 1.99. The van der Waals surface area contributed by atoms with E-state index in [1.54, 1.807) is 7.11 Å². The van der Waals surface area contributed by atoms with Crippen molar-refractivity contribution < 1.29 is 9.47 Å². The summed E-state index contributed by atoms with van der Waals surface area (Å²) in [7, 11) is 1.67. The van der Waals surface area contributed by atoms with E-state index in [0.717, 1.165) is 31.1 Å². The van der Waals surface area contributed by atoms with Crippen LogP contribution in [0.4, 0.5) is 0 Å². The number of nitrogens with one attached hydrogen (secondary N) is 1. The summed E-state index contributed by atoms with van der Waals surface area (Å²) in [5.74, 6) is 1.78. The number of methoxy groups -OCH3 is 1. The van der Waals surface area contributed by atoms with Gasteiger partial charge in [-0.15, -0.1) is 0 Å². The van der Waals surface area contributed by atoms with Gasteiger partial charge in [-0.2, -0.15) is 0 Å². The van der Waals surface area contributed by atoms with Crippen molar-refractivity contribution in [2.24, 2.45) is 0 Å². The van der Waals surface area contributed by atoms with Crippen LogP contribution in [0.5, 0.6) is 11.5 Å². The second kappa shape index (κ2) is 9.68. The number of hydrogen-bond acceptors (Lipinski definition) is 3. The van der Waals surface area contributed by atoms with Crippen molar-refractivity contribution >= 4 is 0 Å². The Kier molecular flexibility index (Phi) is 8.07. The average Bonchev–Trinajstić information content (AvgIpc) is 2.47. The lowest BCUT2D eigenvalue weighted by Crippen LogP contribution is -2.29. The minimum atomic E-state index is 0.624. The van der Waals surface area contributed by atoms with Crippen LogP contribution < -0.4 is 14.8 Å². The van der Waals surface area contributed by atoms with E-state index in [4.69, 9.17) is 9.47 Å². The third kappa shape index (κ3) is 6.48. The molecule has 0 aliphatic carbocycles. The Morgan fingerprint density at radius 2 is 1.79 bits per heavy atom. The molecule has 108 valence electrons. The molecule has 3 nitrogen and oxygen atoms in total. The molecule has 3 heteroatoms. The van der Waals surface area contributed by atoms with E-state index in [2.05, 4.69) is 19.2 Å². The first-order chi connectivity index (χ1) is 9.30. The number of rotatable bonds is 10. The highest BCUT2D eigenvalue weighted by Crippen LogP contribution is 2.17. The first-order valence-corrected chi connectivity index (χ1v) is 7.30. The van der Waals surface area contributed by atoms with E-state index in [1.165, 1.54) is 19.3 Å².